The van der Waals surface area contributed by atoms with E-state index in [0.29, 0.717) is 29.8 Å². The van der Waals surface area contributed by atoms with Crippen LogP contribution < -0.4 is 17.7 Å². The molecular weight excluding hydrogens is 284 g/mol. The van der Waals surface area contributed by atoms with Crippen LogP contribution in [0.25, 0.3) is 0 Å². The minimum Gasteiger partial charge on any atom is -1.00 e. The van der Waals surface area contributed by atoms with Crippen LogP contribution in [0.5, 0.6) is 0 Å². The molecule has 0 aliphatic carbocycles. The quantitative estimate of drug-likeness (QED) is 0.641. The highest BCUT2D eigenvalue weighted by molar-refractivity contribution is 6.35. The molecule has 0 fully saturated rings. The van der Waals surface area contributed by atoms with Crippen molar-refractivity contribution in [3.05, 3.63) is 33.8 Å². The van der Waals surface area contributed by atoms with Crippen LogP contribution in [0.2, 0.25) is 10.0 Å². The predicted molar refractivity (Wildman–Crippen MR) is 66.1 cm³/mol. The van der Waals surface area contributed by atoms with E-state index >= 15 is 0 Å². The van der Waals surface area contributed by atoms with Gasteiger partial charge >= 0.3 is 0 Å². The Bertz CT molecular complexity index is 324. The summed E-state index contributed by atoms with van der Waals surface area (Å²) in [5.41, 5.74) is 1.01. The molecule has 0 aliphatic rings. The standard InChI is InChI=1S/C11H15Cl2NO2.ClH/c12-10-2-1-9(11(13)7-10)8-14-3-5-16-6-4-15;/h1-2,7,14-15H,3-6,8H2;1H/p-1. The highest BCUT2D eigenvalue weighted by Gasteiger charge is 2.00. The summed E-state index contributed by atoms with van der Waals surface area (Å²) >= 11 is 11.8. The number of hydrogen-bond donors (Lipinski definition) is 2. The number of rotatable bonds is 7. The zero-order valence-electron chi connectivity index (χ0n) is 9.26. The monoisotopic (exact) mass is 298 g/mol. The van der Waals surface area contributed by atoms with Crippen molar-refractivity contribution in [2.45, 2.75) is 6.54 Å². The third kappa shape index (κ3) is 7.09. The van der Waals surface area contributed by atoms with Gasteiger partial charge in [-0.1, -0.05) is 29.3 Å². The van der Waals surface area contributed by atoms with Gasteiger partial charge in [0.25, 0.3) is 0 Å². The van der Waals surface area contributed by atoms with Crippen LogP contribution in [-0.4, -0.2) is 31.5 Å². The van der Waals surface area contributed by atoms with Crippen molar-refractivity contribution < 1.29 is 22.3 Å². The first-order valence-electron chi connectivity index (χ1n) is 5.07. The molecule has 0 aromatic heterocycles. The van der Waals surface area contributed by atoms with Crippen molar-refractivity contribution in [1.82, 2.24) is 5.32 Å². The second kappa shape index (κ2) is 9.95. The van der Waals surface area contributed by atoms with Crippen molar-refractivity contribution in [2.75, 3.05) is 26.4 Å². The number of ether oxygens (including phenoxy) is 1. The first-order chi connectivity index (χ1) is 7.74. The van der Waals surface area contributed by atoms with Gasteiger partial charge in [-0.2, -0.15) is 0 Å². The summed E-state index contributed by atoms with van der Waals surface area (Å²) in [5.74, 6) is 0. The summed E-state index contributed by atoms with van der Waals surface area (Å²) < 4.78 is 5.10. The molecule has 0 amide bonds. The Balaban J connectivity index is 0.00000256. The van der Waals surface area contributed by atoms with Gasteiger partial charge in [-0.25, -0.2) is 0 Å². The van der Waals surface area contributed by atoms with Gasteiger partial charge in [0.2, 0.25) is 0 Å². The van der Waals surface area contributed by atoms with Crippen molar-refractivity contribution in [3.63, 3.8) is 0 Å². The lowest BCUT2D eigenvalue weighted by Gasteiger charge is -2.07. The summed E-state index contributed by atoms with van der Waals surface area (Å²) in [4.78, 5) is 0. The van der Waals surface area contributed by atoms with Gasteiger partial charge < -0.3 is 27.6 Å². The van der Waals surface area contributed by atoms with Crippen molar-refractivity contribution in [3.8, 4) is 0 Å². The topological polar surface area (TPSA) is 41.5 Å². The van der Waals surface area contributed by atoms with Gasteiger partial charge in [0, 0.05) is 23.1 Å². The van der Waals surface area contributed by atoms with Gasteiger partial charge in [0.1, 0.15) is 0 Å². The molecule has 1 rings (SSSR count). The summed E-state index contributed by atoms with van der Waals surface area (Å²) in [7, 11) is 0. The molecule has 0 heterocycles. The Morgan fingerprint density at radius 2 is 2.00 bits per heavy atom. The smallest absolute Gasteiger partial charge is 0.0698 e. The summed E-state index contributed by atoms with van der Waals surface area (Å²) in [6, 6.07) is 5.43. The maximum Gasteiger partial charge on any atom is 0.0698 e. The van der Waals surface area contributed by atoms with E-state index in [1.165, 1.54) is 0 Å². The zero-order valence-corrected chi connectivity index (χ0v) is 11.5. The number of aliphatic hydroxyl groups is 1. The fraction of sp³-hybridized carbons (Fsp3) is 0.455. The van der Waals surface area contributed by atoms with E-state index in [9.17, 15) is 0 Å². The second-order valence-corrected chi connectivity index (χ2v) is 4.09. The highest BCUT2D eigenvalue weighted by atomic mass is 35.5. The molecule has 0 radical (unpaired) electrons. The Hall–Kier alpha value is -0.0300. The average Bonchev–Trinajstić information content (AvgIpc) is 2.26. The lowest BCUT2D eigenvalue weighted by atomic mass is 10.2. The number of nitrogens with one attached hydrogen (secondary N) is 1. The first kappa shape index (κ1) is 17.0. The number of aliphatic hydroxyl groups excluding tert-OH is 1. The molecular formula is C11H15Cl3NO2-. The molecule has 0 aliphatic heterocycles. The largest absolute Gasteiger partial charge is 1.00 e. The molecule has 0 atom stereocenters. The van der Waals surface area contributed by atoms with Gasteiger partial charge in [0.05, 0.1) is 19.8 Å². The number of hydrogen-bond acceptors (Lipinski definition) is 3. The summed E-state index contributed by atoms with van der Waals surface area (Å²) in [5, 5.41) is 13.0. The van der Waals surface area contributed by atoms with Gasteiger partial charge in [0.15, 0.2) is 0 Å². The van der Waals surface area contributed by atoms with Gasteiger partial charge in [-0.3, -0.25) is 0 Å². The molecule has 17 heavy (non-hydrogen) atoms. The van der Waals surface area contributed by atoms with E-state index in [-0.39, 0.29) is 19.0 Å². The van der Waals surface area contributed by atoms with Crippen LogP contribution in [0.3, 0.4) is 0 Å². The molecule has 98 valence electrons. The first-order valence-corrected chi connectivity index (χ1v) is 5.83. The van der Waals surface area contributed by atoms with Crippen molar-refractivity contribution >= 4 is 23.2 Å². The van der Waals surface area contributed by atoms with Crippen LogP contribution >= 0.6 is 23.2 Å². The molecule has 0 saturated heterocycles. The molecule has 2 N–H and O–H groups in total. The van der Waals surface area contributed by atoms with Crippen LogP contribution in [0, 0.1) is 0 Å². The maximum absolute atomic E-state index is 8.49. The Morgan fingerprint density at radius 1 is 1.24 bits per heavy atom. The number of halogens is 3. The molecule has 3 nitrogen and oxygen atoms in total. The van der Waals surface area contributed by atoms with Crippen LogP contribution in [0.4, 0.5) is 0 Å². The van der Waals surface area contributed by atoms with Crippen molar-refractivity contribution in [1.29, 1.82) is 0 Å². The third-order valence-electron chi connectivity index (χ3n) is 1.99. The Labute approximate surface area is 117 Å². The van der Waals surface area contributed by atoms with E-state index in [1.807, 2.05) is 12.1 Å². The second-order valence-electron chi connectivity index (χ2n) is 3.25. The molecule has 6 heteroatoms. The van der Waals surface area contributed by atoms with E-state index in [1.54, 1.807) is 6.07 Å². The molecule has 1 aromatic carbocycles. The van der Waals surface area contributed by atoms with Gasteiger partial charge in [-0.15, -0.1) is 0 Å². The fourth-order valence-corrected chi connectivity index (χ4v) is 1.67. The van der Waals surface area contributed by atoms with Crippen LogP contribution in [0.15, 0.2) is 18.2 Å². The van der Waals surface area contributed by atoms with Gasteiger partial charge in [-0.05, 0) is 17.7 Å². The average molecular weight is 300 g/mol. The summed E-state index contributed by atoms with van der Waals surface area (Å²) in [6.45, 7) is 2.41. The van der Waals surface area contributed by atoms with E-state index < -0.39 is 0 Å². The van der Waals surface area contributed by atoms with E-state index in [2.05, 4.69) is 5.32 Å². The molecule has 1 aromatic rings. The number of benzene rings is 1. The van der Waals surface area contributed by atoms with Crippen LogP contribution in [-0.2, 0) is 11.3 Å². The lowest BCUT2D eigenvalue weighted by Crippen LogP contribution is -3.00. The molecule has 0 spiro atoms. The Morgan fingerprint density at radius 3 is 2.65 bits per heavy atom. The zero-order chi connectivity index (χ0) is 11.8. The minimum atomic E-state index is 0. The normalized spacial score (nSPS) is 10.1. The molecule has 0 bridgehead atoms. The van der Waals surface area contributed by atoms with E-state index in [0.717, 1.165) is 12.1 Å². The van der Waals surface area contributed by atoms with Crippen molar-refractivity contribution in [2.24, 2.45) is 0 Å². The highest BCUT2D eigenvalue weighted by Crippen LogP contribution is 2.20. The third-order valence-corrected chi connectivity index (χ3v) is 2.58. The minimum absolute atomic E-state index is 0. The lowest BCUT2D eigenvalue weighted by molar-refractivity contribution is -0.00000432. The maximum atomic E-state index is 8.49. The summed E-state index contributed by atoms with van der Waals surface area (Å²) in [6.07, 6.45) is 0. The van der Waals surface area contributed by atoms with E-state index in [4.69, 9.17) is 33.0 Å². The predicted octanol–water partition coefficient (Wildman–Crippen LogP) is -0.904. The molecule has 0 unspecified atom stereocenters. The SMILES string of the molecule is OCCOCCNCc1ccc(Cl)cc1Cl.[Cl-]. The van der Waals surface area contributed by atoms with Crippen LogP contribution in [0.1, 0.15) is 5.56 Å². The fourth-order valence-electron chi connectivity index (χ4n) is 1.20. The Kier molecular flexibility index (Phi) is 9.93. The molecule has 0 saturated carbocycles.